The van der Waals surface area contributed by atoms with E-state index in [1.807, 2.05) is 24.3 Å². The van der Waals surface area contributed by atoms with Crippen molar-refractivity contribution in [3.8, 4) is 11.3 Å². The van der Waals surface area contributed by atoms with E-state index in [-0.39, 0.29) is 12.1 Å². The molecule has 0 amide bonds. The molecule has 2 aromatic carbocycles. The zero-order chi connectivity index (χ0) is 22.0. The van der Waals surface area contributed by atoms with Crippen molar-refractivity contribution in [3.63, 3.8) is 0 Å². The van der Waals surface area contributed by atoms with Crippen LogP contribution in [-0.4, -0.2) is 21.0 Å². The first-order chi connectivity index (χ1) is 14.9. The maximum atomic E-state index is 11.1. The minimum absolute atomic E-state index is 0.0194. The van der Waals surface area contributed by atoms with Crippen LogP contribution in [0, 0.1) is 10.1 Å². The number of allylic oxidation sites excluding steroid dienone is 1. The second kappa shape index (κ2) is 8.83. The second-order valence-electron chi connectivity index (χ2n) is 6.67. The molecule has 0 unspecified atom stereocenters. The Hall–Kier alpha value is -3.30. The van der Waals surface area contributed by atoms with Gasteiger partial charge >= 0.3 is 5.97 Å². The van der Waals surface area contributed by atoms with Crippen molar-refractivity contribution in [1.29, 1.82) is 0 Å². The summed E-state index contributed by atoms with van der Waals surface area (Å²) in [6.07, 6.45) is 2.08. The molecule has 0 atom stereocenters. The summed E-state index contributed by atoms with van der Waals surface area (Å²) < 4.78 is 7.50. The van der Waals surface area contributed by atoms with Crippen LogP contribution in [0.15, 0.2) is 63.5 Å². The van der Waals surface area contributed by atoms with E-state index < -0.39 is 10.9 Å². The maximum absolute atomic E-state index is 11.1. The van der Waals surface area contributed by atoms with E-state index in [0.29, 0.717) is 28.0 Å². The highest BCUT2D eigenvalue weighted by Crippen LogP contribution is 2.35. The van der Waals surface area contributed by atoms with Gasteiger partial charge in [-0.1, -0.05) is 12.1 Å². The molecule has 0 saturated heterocycles. The molecule has 0 saturated carbocycles. The van der Waals surface area contributed by atoms with Crippen molar-refractivity contribution in [2.24, 2.45) is 0 Å². The zero-order valence-corrected chi connectivity index (χ0v) is 18.4. The van der Waals surface area contributed by atoms with E-state index in [2.05, 4.69) is 20.9 Å². The van der Waals surface area contributed by atoms with Crippen LogP contribution in [0.1, 0.15) is 23.6 Å². The Bertz CT molecular complexity index is 1290. The fourth-order valence-electron chi connectivity index (χ4n) is 3.06. The van der Waals surface area contributed by atoms with E-state index in [0.717, 1.165) is 20.8 Å². The van der Waals surface area contributed by atoms with Gasteiger partial charge in [-0.3, -0.25) is 14.9 Å². The first-order valence-corrected chi connectivity index (χ1v) is 10.8. The Morgan fingerprint density at radius 1 is 1.19 bits per heavy atom. The molecule has 0 aliphatic heterocycles. The molecule has 2 heterocycles. The summed E-state index contributed by atoms with van der Waals surface area (Å²) in [5.41, 5.74) is 2.29. The Morgan fingerprint density at radius 2 is 2.00 bits per heavy atom. The molecule has 31 heavy (non-hydrogen) atoms. The number of furan rings is 1. The molecule has 0 fully saturated rings. The van der Waals surface area contributed by atoms with E-state index in [1.165, 1.54) is 23.5 Å². The van der Waals surface area contributed by atoms with Gasteiger partial charge in [0.1, 0.15) is 16.5 Å². The second-order valence-corrected chi connectivity index (χ2v) is 8.56. The molecule has 4 rings (SSSR count). The quantitative estimate of drug-likeness (QED) is 0.226. The molecule has 0 bridgehead atoms. The molecular formula is C22H15BrN2O5S. The highest BCUT2D eigenvalue weighted by Gasteiger charge is 2.15. The number of hydrogen-bond donors (Lipinski definition) is 1. The number of non-ortho nitro benzene ring substituents is 1. The van der Waals surface area contributed by atoms with Crippen molar-refractivity contribution in [2.75, 3.05) is 0 Å². The summed E-state index contributed by atoms with van der Waals surface area (Å²) in [6, 6.07) is 15.7. The topological polar surface area (TPSA) is 106 Å². The highest BCUT2D eigenvalue weighted by molar-refractivity contribution is 9.10. The van der Waals surface area contributed by atoms with Gasteiger partial charge in [-0.15, -0.1) is 11.3 Å². The van der Waals surface area contributed by atoms with Crippen LogP contribution in [0.3, 0.4) is 0 Å². The third-order valence-corrected chi connectivity index (χ3v) is 6.32. The average molecular weight is 499 g/mol. The fraction of sp³-hybridized carbons (Fsp3) is 0.0909. The van der Waals surface area contributed by atoms with Crippen molar-refractivity contribution < 1.29 is 19.2 Å². The molecule has 0 aliphatic carbocycles. The Labute approximate surface area is 188 Å². The molecule has 9 heteroatoms. The molecule has 2 aromatic heterocycles. The van der Waals surface area contributed by atoms with E-state index in [1.54, 1.807) is 24.3 Å². The Kier molecular flexibility index (Phi) is 5.97. The van der Waals surface area contributed by atoms with Crippen LogP contribution in [0.25, 0.3) is 33.2 Å². The number of carbonyl (C=O) groups is 1. The lowest BCUT2D eigenvalue weighted by Gasteiger charge is -2.03. The monoisotopic (exact) mass is 498 g/mol. The molecular weight excluding hydrogens is 484 g/mol. The minimum Gasteiger partial charge on any atom is -0.481 e. The number of thiazole rings is 1. The van der Waals surface area contributed by atoms with Crippen LogP contribution >= 0.6 is 27.3 Å². The number of aromatic nitrogens is 1. The van der Waals surface area contributed by atoms with Crippen LogP contribution in [0.4, 0.5) is 5.69 Å². The Balaban J connectivity index is 1.69. The largest absolute Gasteiger partial charge is 0.481 e. The van der Waals surface area contributed by atoms with Gasteiger partial charge in [0.25, 0.3) is 5.69 Å². The first-order valence-electron chi connectivity index (χ1n) is 9.23. The number of carboxylic acid groups (broad SMARTS) is 1. The van der Waals surface area contributed by atoms with Crippen molar-refractivity contribution in [1.82, 2.24) is 4.98 Å². The number of nitrogens with zero attached hydrogens (tertiary/aromatic N) is 2. The smallest absolute Gasteiger partial charge is 0.303 e. The fourth-order valence-corrected chi connectivity index (χ4v) is 4.63. The zero-order valence-electron chi connectivity index (χ0n) is 15.9. The summed E-state index contributed by atoms with van der Waals surface area (Å²) >= 11 is 4.86. The summed E-state index contributed by atoms with van der Waals surface area (Å²) in [5.74, 6) is 0.191. The Morgan fingerprint density at radius 3 is 2.71 bits per heavy atom. The lowest BCUT2D eigenvalue weighted by molar-refractivity contribution is -0.384. The number of hydrogen-bond acceptors (Lipinski definition) is 6. The number of fused-ring (bicyclic) bond motifs is 1. The predicted octanol–water partition coefficient (Wildman–Crippen LogP) is 6.63. The minimum atomic E-state index is -0.887. The predicted molar refractivity (Wildman–Crippen MR) is 123 cm³/mol. The van der Waals surface area contributed by atoms with Crippen molar-refractivity contribution in [2.45, 2.75) is 12.8 Å². The summed E-state index contributed by atoms with van der Waals surface area (Å²) in [7, 11) is 0. The van der Waals surface area contributed by atoms with Gasteiger partial charge in [0, 0.05) is 28.6 Å². The van der Waals surface area contributed by atoms with Gasteiger partial charge in [-0.25, -0.2) is 4.98 Å². The van der Waals surface area contributed by atoms with Gasteiger partial charge in [0.05, 0.1) is 15.1 Å². The molecule has 7 nitrogen and oxygen atoms in total. The molecule has 0 radical (unpaired) electrons. The lowest BCUT2D eigenvalue weighted by Crippen LogP contribution is -1.95. The number of para-hydroxylation sites is 1. The molecule has 0 aliphatic rings. The van der Waals surface area contributed by atoms with E-state index in [4.69, 9.17) is 9.52 Å². The summed E-state index contributed by atoms with van der Waals surface area (Å²) in [5, 5.41) is 20.8. The van der Waals surface area contributed by atoms with Crippen LogP contribution < -0.4 is 0 Å². The van der Waals surface area contributed by atoms with Crippen LogP contribution in [0.2, 0.25) is 0 Å². The van der Waals surface area contributed by atoms with Crippen LogP contribution in [-0.2, 0) is 4.79 Å². The molecule has 0 spiro atoms. The average Bonchev–Trinajstić information content (AvgIpc) is 3.37. The van der Waals surface area contributed by atoms with Crippen molar-refractivity contribution >= 4 is 60.8 Å². The number of halogens is 1. The standard InChI is InChI=1S/C22H15BrN2O5S/c23-17-12-14(25(28)29)6-8-16(17)19-9-7-15(30-19)11-13(5-10-21(26)27)22-24-18-3-1-2-4-20(18)31-22/h1-4,6-9,11-12H,5,10H2,(H,26,27)/b13-11+. The third kappa shape index (κ3) is 4.73. The summed E-state index contributed by atoms with van der Waals surface area (Å²) in [4.78, 5) is 26.3. The molecule has 4 aromatic rings. The molecule has 156 valence electrons. The third-order valence-electron chi connectivity index (χ3n) is 4.55. The highest BCUT2D eigenvalue weighted by atomic mass is 79.9. The van der Waals surface area contributed by atoms with Crippen LogP contribution in [0.5, 0.6) is 0 Å². The lowest BCUT2D eigenvalue weighted by atomic mass is 10.1. The van der Waals surface area contributed by atoms with Crippen molar-refractivity contribution in [3.05, 3.63) is 80.0 Å². The van der Waals surface area contributed by atoms with E-state index in [9.17, 15) is 14.9 Å². The number of nitro benzene ring substituents is 1. The first kappa shape index (κ1) is 21.0. The maximum Gasteiger partial charge on any atom is 0.303 e. The van der Waals surface area contributed by atoms with Gasteiger partial charge < -0.3 is 9.52 Å². The van der Waals surface area contributed by atoms with Gasteiger partial charge in [-0.2, -0.15) is 0 Å². The van der Waals surface area contributed by atoms with Gasteiger partial charge in [0.15, 0.2) is 0 Å². The number of nitro groups is 1. The number of carboxylic acids is 1. The number of benzene rings is 2. The molecule has 1 N–H and O–H groups in total. The SMILES string of the molecule is O=C(O)CC/C(=C\c1ccc(-c2ccc([N+](=O)[O-])cc2Br)o1)c1nc2ccccc2s1. The summed E-state index contributed by atoms with van der Waals surface area (Å²) in [6.45, 7) is 0. The normalized spacial score (nSPS) is 11.7. The van der Waals surface area contributed by atoms with Gasteiger partial charge in [0.2, 0.25) is 0 Å². The number of aliphatic carboxylic acids is 1. The van der Waals surface area contributed by atoms with Gasteiger partial charge in [-0.05, 0) is 64.3 Å². The number of rotatable bonds is 7. The van der Waals surface area contributed by atoms with E-state index >= 15 is 0 Å².